The first kappa shape index (κ1) is 15.7. The van der Waals surface area contributed by atoms with Gasteiger partial charge in [-0.1, -0.05) is 0 Å². The first-order valence-electron chi connectivity index (χ1n) is 0.500. The van der Waals surface area contributed by atoms with Crippen molar-refractivity contribution in [3.63, 3.8) is 0 Å². The van der Waals surface area contributed by atoms with Gasteiger partial charge in [-0.15, -0.1) is 11.4 Å². The van der Waals surface area contributed by atoms with Crippen molar-refractivity contribution < 1.29 is 44.3 Å². The molecule has 6 heavy (non-hydrogen) atoms. The molecule has 0 aromatic rings. The molecule has 0 bridgehead atoms. The molecule has 0 heterocycles. The third-order valence-corrected chi connectivity index (χ3v) is 0. The topological polar surface area (TPSA) is 63.2 Å². The van der Waals surface area contributed by atoms with Gasteiger partial charge in [0.05, 0.1) is 0 Å². The van der Waals surface area contributed by atoms with Crippen LogP contribution in [-0.4, -0.2) is 42.9 Å². The standard InChI is InChI=1S/2Na.H2O3S.H/c;;1-4(2)3;/h;;(H2,1,2,3);/q;+1;;/p-1. The van der Waals surface area contributed by atoms with Crippen LogP contribution in [0.3, 0.4) is 0 Å². The summed E-state index contributed by atoms with van der Waals surface area (Å²) in [4.78, 5) is 0. The zero-order chi connectivity index (χ0) is 3.58. The van der Waals surface area contributed by atoms with Crippen molar-refractivity contribution in [1.82, 2.24) is 0 Å². The zero-order valence-corrected chi connectivity index (χ0v) is 5.45. The van der Waals surface area contributed by atoms with Crippen molar-refractivity contribution in [2.24, 2.45) is 0 Å². The molecule has 0 unspecified atom stereocenters. The molecule has 0 aromatic heterocycles. The van der Waals surface area contributed by atoms with Gasteiger partial charge in [0.25, 0.3) is 0 Å². The van der Waals surface area contributed by atoms with E-state index >= 15 is 0 Å². The Balaban J connectivity index is -0.0000000150. The summed E-state index contributed by atoms with van der Waals surface area (Å²) in [5, 5.41) is 0. The van der Waals surface area contributed by atoms with Crippen molar-refractivity contribution in [1.29, 1.82) is 0 Å². The van der Waals surface area contributed by atoms with Gasteiger partial charge >= 0.3 is 60.5 Å². The molecule has 0 fully saturated rings. The summed E-state index contributed by atoms with van der Waals surface area (Å²) in [7, 11) is 0. The molecule has 0 saturated carbocycles. The molecule has 0 aliphatic heterocycles. The predicted octanol–water partition coefficient (Wildman–Crippen LogP) is -4.54. The van der Waals surface area contributed by atoms with Crippen molar-refractivity contribution in [3.8, 4) is 0 Å². The SMILES string of the molecule is O=S([O-])[O-].[H+].[Na+].[NaH]. The first-order valence-corrected chi connectivity index (χ1v) is 1.50. The van der Waals surface area contributed by atoms with Crippen LogP contribution in [0.5, 0.6) is 0 Å². The van der Waals surface area contributed by atoms with Crippen LogP contribution in [0.15, 0.2) is 0 Å². The van der Waals surface area contributed by atoms with E-state index in [1.165, 1.54) is 0 Å². The van der Waals surface area contributed by atoms with Crippen LogP contribution in [0.25, 0.3) is 0 Å². The Morgan fingerprint density at radius 1 is 1.50 bits per heavy atom. The van der Waals surface area contributed by atoms with Crippen molar-refractivity contribution in [3.05, 3.63) is 0 Å². The fraction of sp³-hybridized carbons (Fsp3) is 0. The number of hydrogen-bond donors (Lipinski definition) is 0. The molecular formula is H2Na2O3S. The first-order chi connectivity index (χ1) is 1.73. The quantitative estimate of drug-likeness (QED) is 0.244. The van der Waals surface area contributed by atoms with Crippen LogP contribution in [0, 0.1) is 0 Å². The van der Waals surface area contributed by atoms with Crippen molar-refractivity contribution >= 4 is 40.9 Å². The Bertz CT molecular complexity index is 35.9. The van der Waals surface area contributed by atoms with E-state index in [9.17, 15) is 0 Å². The summed E-state index contributed by atoms with van der Waals surface area (Å²) in [5.41, 5.74) is 0. The molecule has 0 spiro atoms. The van der Waals surface area contributed by atoms with E-state index < -0.39 is 11.4 Å². The molecule has 6 heteroatoms. The van der Waals surface area contributed by atoms with E-state index in [1.807, 2.05) is 0 Å². The average Bonchev–Trinajstić information content (AvgIpc) is 0.811. The molecule has 0 rings (SSSR count). The van der Waals surface area contributed by atoms with Gasteiger partial charge in [-0.2, -0.15) is 0 Å². The Labute approximate surface area is 84.1 Å². The third kappa shape index (κ3) is 36.4. The average molecular weight is 128 g/mol. The molecule has 0 N–H and O–H groups in total. The maximum absolute atomic E-state index is 8.44. The summed E-state index contributed by atoms with van der Waals surface area (Å²) in [5.74, 6) is 0. The van der Waals surface area contributed by atoms with Gasteiger partial charge in [-0.25, -0.2) is 0 Å². The third-order valence-electron chi connectivity index (χ3n) is 0. The van der Waals surface area contributed by atoms with E-state index in [4.69, 9.17) is 13.3 Å². The molecule has 3 nitrogen and oxygen atoms in total. The van der Waals surface area contributed by atoms with Gasteiger partial charge < -0.3 is 9.11 Å². The molecule has 28 valence electrons. The second-order valence-corrected chi connectivity index (χ2v) is 0.612. The molecule has 0 aliphatic rings. The van der Waals surface area contributed by atoms with Crippen LogP contribution in [0.2, 0.25) is 0 Å². The van der Waals surface area contributed by atoms with Crippen LogP contribution < -0.4 is 29.6 Å². The van der Waals surface area contributed by atoms with Crippen molar-refractivity contribution in [2.45, 2.75) is 0 Å². The summed E-state index contributed by atoms with van der Waals surface area (Å²) < 4.78 is 25.3. The predicted molar refractivity (Wildman–Crippen MR) is 18.0 cm³/mol. The molecule has 0 radical (unpaired) electrons. The minimum atomic E-state index is -3.11. The summed E-state index contributed by atoms with van der Waals surface area (Å²) in [6, 6.07) is 0. The fourth-order valence-corrected chi connectivity index (χ4v) is 0. The van der Waals surface area contributed by atoms with E-state index in [1.54, 1.807) is 0 Å². The maximum atomic E-state index is 8.44. The molecule has 0 amide bonds. The van der Waals surface area contributed by atoms with Crippen LogP contribution in [0.1, 0.15) is 1.43 Å². The summed E-state index contributed by atoms with van der Waals surface area (Å²) >= 11 is -3.11. The van der Waals surface area contributed by atoms with E-state index in [2.05, 4.69) is 0 Å². The fourth-order valence-electron chi connectivity index (χ4n) is 0. The van der Waals surface area contributed by atoms with E-state index in [-0.39, 0.29) is 60.5 Å². The van der Waals surface area contributed by atoms with Gasteiger partial charge in [0.2, 0.25) is 0 Å². The molecule has 0 aromatic carbocycles. The van der Waals surface area contributed by atoms with Crippen LogP contribution in [0.4, 0.5) is 0 Å². The summed E-state index contributed by atoms with van der Waals surface area (Å²) in [6.45, 7) is 0. The van der Waals surface area contributed by atoms with Gasteiger partial charge in [0.1, 0.15) is 0 Å². The Hall–Kier alpha value is 2.07. The second-order valence-electron chi connectivity index (χ2n) is 0.204. The van der Waals surface area contributed by atoms with Gasteiger partial charge in [0.15, 0.2) is 0 Å². The second kappa shape index (κ2) is 10.1. The monoisotopic (exact) mass is 128 g/mol. The molecular weight excluding hydrogens is 126 g/mol. The van der Waals surface area contributed by atoms with Gasteiger partial charge in [0, 0.05) is 0 Å². The number of rotatable bonds is 0. The minimum absolute atomic E-state index is 0. The molecule has 0 aliphatic carbocycles. The van der Waals surface area contributed by atoms with Gasteiger partial charge in [-0.05, 0) is 0 Å². The van der Waals surface area contributed by atoms with Gasteiger partial charge in [-0.3, -0.25) is 4.21 Å². The van der Waals surface area contributed by atoms with Crippen molar-refractivity contribution in [2.75, 3.05) is 0 Å². The van der Waals surface area contributed by atoms with E-state index in [0.29, 0.717) is 0 Å². The summed E-state index contributed by atoms with van der Waals surface area (Å²) in [6.07, 6.45) is 0. The van der Waals surface area contributed by atoms with E-state index in [0.717, 1.165) is 0 Å². The van der Waals surface area contributed by atoms with Crippen LogP contribution >= 0.6 is 0 Å². The van der Waals surface area contributed by atoms with Crippen LogP contribution in [-0.2, 0) is 11.4 Å². The normalized spacial score (nSPS) is 5.83. The number of hydrogen-bond acceptors (Lipinski definition) is 3. The Kier molecular flexibility index (Phi) is 26.5. The Morgan fingerprint density at radius 3 is 1.50 bits per heavy atom. The Morgan fingerprint density at radius 2 is 1.50 bits per heavy atom. The molecule has 0 saturated heterocycles. The molecule has 0 atom stereocenters. The zero-order valence-electron chi connectivity index (χ0n) is 3.63.